The second-order valence-corrected chi connectivity index (χ2v) is 6.40. The SMILES string of the molecule is O=Cc1c[nH]c2cc(Br)cc(N3CCN(C(=O)C(F)(F)F)CC3)c12. The van der Waals surface area contributed by atoms with Gasteiger partial charge >= 0.3 is 12.1 Å². The van der Waals surface area contributed by atoms with Crippen LogP contribution in [0.25, 0.3) is 10.9 Å². The molecule has 0 spiro atoms. The molecular formula is C15H13BrF3N3O2. The molecule has 5 nitrogen and oxygen atoms in total. The number of aromatic amines is 1. The maximum absolute atomic E-state index is 12.5. The van der Waals surface area contributed by atoms with E-state index in [-0.39, 0.29) is 26.2 Å². The Kier molecular flexibility index (Phi) is 4.29. The van der Waals surface area contributed by atoms with E-state index in [1.165, 1.54) is 0 Å². The molecule has 0 bridgehead atoms. The van der Waals surface area contributed by atoms with Gasteiger partial charge in [0.15, 0.2) is 6.29 Å². The van der Waals surface area contributed by atoms with Crippen molar-refractivity contribution in [1.29, 1.82) is 0 Å². The zero-order chi connectivity index (χ0) is 17.5. The van der Waals surface area contributed by atoms with E-state index < -0.39 is 12.1 Å². The summed E-state index contributed by atoms with van der Waals surface area (Å²) in [6, 6.07) is 3.65. The Labute approximate surface area is 143 Å². The molecule has 24 heavy (non-hydrogen) atoms. The summed E-state index contributed by atoms with van der Waals surface area (Å²) in [5, 5.41) is 0.726. The Balaban J connectivity index is 1.87. The average molecular weight is 404 g/mol. The number of alkyl halides is 3. The molecule has 9 heteroatoms. The minimum atomic E-state index is -4.85. The Hall–Kier alpha value is -2.03. The molecule has 1 N–H and O–H groups in total. The number of amides is 1. The van der Waals surface area contributed by atoms with Crippen LogP contribution in [0.4, 0.5) is 18.9 Å². The van der Waals surface area contributed by atoms with Crippen LogP contribution in [0.2, 0.25) is 0 Å². The molecule has 128 valence electrons. The van der Waals surface area contributed by atoms with Gasteiger partial charge in [0.05, 0.1) is 0 Å². The summed E-state index contributed by atoms with van der Waals surface area (Å²) in [5.74, 6) is -1.81. The molecule has 1 aliphatic heterocycles. The lowest BCUT2D eigenvalue weighted by Gasteiger charge is -2.36. The van der Waals surface area contributed by atoms with Crippen molar-refractivity contribution in [1.82, 2.24) is 9.88 Å². The minimum Gasteiger partial charge on any atom is -0.367 e. The molecule has 1 amide bonds. The molecule has 0 atom stereocenters. The lowest BCUT2D eigenvalue weighted by Crippen LogP contribution is -2.52. The van der Waals surface area contributed by atoms with Gasteiger partial charge in [0.2, 0.25) is 0 Å². The van der Waals surface area contributed by atoms with E-state index in [2.05, 4.69) is 20.9 Å². The number of fused-ring (bicyclic) bond motifs is 1. The van der Waals surface area contributed by atoms with Gasteiger partial charge in [0, 0.05) is 59.0 Å². The van der Waals surface area contributed by atoms with Gasteiger partial charge in [0.25, 0.3) is 0 Å². The molecule has 1 fully saturated rings. The van der Waals surface area contributed by atoms with E-state index in [0.717, 1.165) is 32.2 Å². The molecule has 3 rings (SSSR count). The summed E-state index contributed by atoms with van der Waals surface area (Å²) in [4.78, 5) is 28.2. The lowest BCUT2D eigenvalue weighted by atomic mass is 10.1. The topological polar surface area (TPSA) is 56.4 Å². The van der Waals surface area contributed by atoms with Crippen LogP contribution in [0.1, 0.15) is 10.4 Å². The van der Waals surface area contributed by atoms with Crippen molar-refractivity contribution in [3.63, 3.8) is 0 Å². The first-order chi connectivity index (χ1) is 11.3. The predicted octanol–water partition coefficient (Wildman–Crippen LogP) is 2.95. The van der Waals surface area contributed by atoms with Crippen LogP contribution in [0, 0.1) is 0 Å². The van der Waals surface area contributed by atoms with Crippen molar-refractivity contribution in [2.75, 3.05) is 31.1 Å². The fourth-order valence-corrected chi connectivity index (χ4v) is 3.36. The van der Waals surface area contributed by atoms with Gasteiger partial charge in [-0.05, 0) is 12.1 Å². The molecule has 0 radical (unpaired) electrons. The number of piperazine rings is 1. The monoisotopic (exact) mass is 403 g/mol. The summed E-state index contributed by atoms with van der Waals surface area (Å²) in [5.41, 5.74) is 2.00. The molecule has 1 aromatic carbocycles. The summed E-state index contributed by atoms with van der Waals surface area (Å²) in [7, 11) is 0. The van der Waals surface area contributed by atoms with E-state index in [4.69, 9.17) is 0 Å². The summed E-state index contributed by atoms with van der Waals surface area (Å²) >= 11 is 3.39. The molecule has 1 saturated heterocycles. The van der Waals surface area contributed by atoms with Gasteiger partial charge in [0.1, 0.15) is 0 Å². The third-order valence-electron chi connectivity index (χ3n) is 4.03. The van der Waals surface area contributed by atoms with Gasteiger partial charge in [-0.15, -0.1) is 0 Å². The number of benzene rings is 1. The normalized spacial score (nSPS) is 15.8. The number of H-pyrrole nitrogens is 1. The van der Waals surface area contributed by atoms with Crippen LogP contribution >= 0.6 is 15.9 Å². The number of anilines is 1. The highest BCUT2D eigenvalue weighted by atomic mass is 79.9. The minimum absolute atomic E-state index is 0.0206. The summed E-state index contributed by atoms with van der Waals surface area (Å²) < 4.78 is 38.3. The highest BCUT2D eigenvalue weighted by Gasteiger charge is 2.43. The average Bonchev–Trinajstić information content (AvgIpc) is 2.95. The molecule has 2 aromatic rings. The first-order valence-electron chi connectivity index (χ1n) is 7.18. The van der Waals surface area contributed by atoms with Crippen LogP contribution in [0.3, 0.4) is 0 Å². The number of carbonyl (C=O) groups is 2. The van der Waals surface area contributed by atoms with Crippen LogP contribution < -0.4 is 4.90 Å². The van der Waals surface area contributed by atoms with Crippen molar-refractivity contribution >= 4 is 44.7 Å². The molecule has 1 aromatic heterocycles. The highest BCUT2D eigenvalue weighted by molar-refractivity contribution is 9.10. The van der Waals surface area contributed by atoms with Gasteiger partial charge < -0.3 is 14.8 Å². The van der Waals surface area contributed by atoms with Crippen LogP contribution in [-0.4, -0.2) is 54.4 Å². The first-order valence-corrected chi connectivity index (χ1v) is 7.97. The summed E-state index contributed by atoms with van der Waals surface area (Å²) in [6.07, 6.45) is -2.52. The maximum atomic E-state index is 12.5. The Morgan fingerprint density at radius 2 is 1.88 bits per heavy atom. The fraction of sp³-hybridized carbons (Fsp3) is 0.333. The Morgan fingerprint density at radius 3 is 2.46 bits per heavy atom. The zero-order valence-corrected chi connectivity index (χ0v) is 13.9. The van der Waals surface area contributed by atoms with E-state index in [0.29, 0.717) is 5.56 Å². The number of aromatic nitrogens is 1. The predicted molar refractivity (Wildman–Crippen MR) is 86.2 cm³/mol. The number of hydrogen-bond donors (Lipinski definition) is 1. The van der Waals surface area contributed by atoms with Gasteiger partial charge in [-0.25, -0.2) is 0 Å². The standard InChI is InChI=1S/C15H13BrF3N3O2/c16-10-5-11-13(9(8-23)7-20-11)12(6-10)21-1-3-22(4-2-21)14(24)15(17,18)19/h5-8,20H,1-4H2. The zero-order valence-electron chi connectivity index (χ0n) is 12.4. The third kappa shape index (κ3) is 3.00. The lowest BCUT2D eigenvalue weighted by molar-refractivity contribution is -0.185. The number of nitrogens with one attached hydrogen (secondary N) is 1. The van der Waals surface area contributed by atoms with Crippen molar-refractivity contribution in [3.05, 3.63) is 28.4 Å². The quantitative estimate of drug-likeness (QED) is 0.784. The van der Waals surface area contributed by atoms with E-state index >= 15 is 0 Å². The number of halogens is 4. The first kappa shape index (κ1) is 16.8. The largest absolute Gasteiger partial charge is 0.471 e. The number of aldehydes is 1. The van der Waals surface area contributed by atoms with Crippen molar-refractivity contribution in [2.45, 2.75) is 6.18 Å². The van der Waals surface area contributed by atoms with E-state index in [9.17, 15) is 22.8 Å². The van der Waals surface area contributed by atoms with Crippen LogP contribution in [0.5, 0.6) is 0 Å². The molecule has 0 aliphatic carbocycles. The third-order valence-corrected chi connectivity index (χ3v) is 4.49. The van der Waals surface area contributed by atoms with E-state index in [1.807, 2.05) is 17.0 Å². The molecule has 1 aliphatic rings. The maximum Gasteiger partial charge on any atom is 0.471 e. The fourth-order valence-electron chi connectivity index (χ4n) is 2.91. The highest BCUT2D eigenvalue weighted by Crippen LogP contribution is 2.33. The van der Waals surface area contributed by atoms with Crippen molar-refractivity contribution in [2.24, 2.45) is 0 Å². The van der Waals surface area contributed by atoms with Crippen LogP contribution in [-0.2, 0) is 4.79 Å². The smallest absolute Gasteiger partial charge is 0.367 e. The van der Waals surface area contributed by atoms with Gasteiger partial charge in [-0.1, -0.05) is 15.9 Å². The Morgan fingerprint density at radius 1 is 1.21 bits per heavy atom. The molecule has 0 unspecified atom stereocenters. The number of hydrogen-bond acceptors (Lipinski definition) is 3. The number of rotatable bonds is 2. The number of carbonyl (C=O) groups excluding carboxylic acids is 2. The van der Waals surface area contributed by atoms with Crippen molar-refractivity contribution < 1.29 is 22.8 Å². The van der Waals surface area contributed by atoms with E-state index in [1.54, 1.807) is 6.20 Å². The Bertz CT molecular complexity index is 795. The van der Waals surface area contributed by atoms with Crippen LogP contribution in [0.15, 0.2) is 22.8 Å². The number of nitrogens with zero attached hydrogens (tertiary/aromatic N) is 2. The second kappa shape index (κ2) is 6.12. The van der Waals surface area contributed by atoms with Gasteiger partial charge in [-0.3, -0.25) is 9.59 Å². The molecular weight excluding hydrogens is 391 g/mol. The molecule has 0 saturated carbocycles. The van der Waals surface area contributed by atoms with Gasteiger partial charge in [-0.2, -0.15) is 13.2 Å². The van der Waals surface area contributed by atoms with Crippen molar-refractivity contribution in [3.8, 4) is 0 Å². The second-order valence-electron chi connectivity index (χ2n) is 5.49. The summed E-state index contributed by atoms with van der Waals surface area (Å²) in [6.45, 7) is 0.480. The molecule has 2 heterocycles.